The number of nitrogens with zero attached hydrogens (tertiary/aromatic N) is 3. The van der Waals surface area contributed by atoms with Gasteiger partial charge in [0, 0.05) is 18.8 Å². The molecule has 1 aromatic heterocycles. The van der Waals surface area contributed by atoms with Crippen molar-refractivity contribution >= 4 is 11.6 Å². The molecule has 4 aromatic rings. The van der Waals surface area contributed by atoms with Crippen LogP contribution in [0.2, 0.25) is 0 Å². The van der Waals surface area contributed by atoms with Gasteiger partial charge in [0.15, 0.2) is 0 Å². The molecule has 0 saturated carbocycles. The normalized spacial score (nSPS) is 10.6. The Hall–Kier alpha value is -4.13. The highest BCUT2D eigenvalue weighted by atomic mass is 19.1. The van der Waals surface area contributed by atoms with Crippen LogP contribution in [0.15, 0.2) is 79.0 Å². The van der Waals surface area contributed by atoms with Crippen LogP contribution < -0.4 is 14.4 Å². The zero-order valence-corrected chi connectivity index (χ0v) is 17.9. The zero-order valence-electron chi connectivity index (χ0n) is 17.9. The van der Waals surface area contributed by atoms with E-state index >= 15 is 0 Å². The third kappa shape index (κ3) is 3.92. The Morgan fingerprint density at radius 1 is 0.969 bits per heavy atom. The first-order valence-electron chi connectivity index (χ1n) is 9.93. The van der Waals surface area contributed by atoms with Crippen LogP contribution in [0, 0.1) is 5.82 Å². The lowest BCUT2D eigenvalue weighted by molar-refractivity contribution is 0.0992. The van der Waals surface area contributed by atoms with Gasteiger partial charge in [-0.3, -0.25) is 4.79 Å². The fraction of sp³-hybridized carbons (Fsp3) is 0.120. The molecular weight excluding hydrogens is 409 g/mol. The van der Waals surface area contributed by atoms with Crippen LogP contribution in [0.25, 0.3) is 16.9 Å². The number of benzene rings is 3. The molecule has 0 aliphatic carbocycles. The number of hydrogen-bond acceptors (Lipinski definition) is 4. The number of anilines is 1. The Morgan fingerprint density at radius 2 is 1.69 bits per heavy atom. The largest absolute Gasteiger partial charge is 0.497 e. The van der Waals surface area contributed by atoms with Crippen LogP contribution in [-0.4, -0.2) is 37.0 Å². The SMILES string of the molecule is COc1ccc(OC)c(-c2nn(-c3ccccc3)cc2C(=O)N(C)c2ccccc2F)c1. The Balaban J connectivity index is 1.89. The lowest BCUT2D eigenvalue weighted by Gasteiger charge is -2.18. The Bertz CT molecular complexity index is 1250. The molecule has 0 aliphatic rings. The van der Waals surface area contributed by atoms with E-state index in [0.717, 1.165) is 5.69 Å². The third-order valence-corrected chi connectivity index (χ3v) is 5.15. The molecule has 1 heterocycles. The molecule has 0 N–H and O–H groups in total. The molecule has 162 valence electrons. The minimum absolute atomic E-state index is 0.175. The maximum atomic E-state index is 14.4. The number of methoxy groups -OCH3 is 2. The van der Waals surface area contributed by atoms with Crippen LogP contribution in [-0.2, 0) is 0 Å². The second kappa shape index (κ2) is 8.93. The molecule has 0 atom stereocenters. The summed E-state index contributed by atoms with van der Waals surface area (Å²) in [6.45, 7) is 0. The van der Waals surface area contributed by atoms with Crippen molar-refractivity contribution in [3.63, 3.8) is 0 Å². The highest BCUT2D eigenvalue weighted by Crippen LogP contribution is 2.36. The maximum absolute atomic E-state index is 14.4. The van der Waals surface area contributed by atoms with E-state index in [1.807, 2.05) is 30.3 Å². The third-order valence-electron chi connectivity index (χ3n) is 5.15. The minimum Gasteiger partial charge on any atom is -0.497 e. The smallest absolute Gasteiger partial charge is 0.261 e. The Labute approximate surface area is 185 Å². The van der Waals surface area contributed by atoms with Gasteiger partial charge in [-0.15, -0.1) is 0 Å². The zero-order chi connectivity index (χ0) is 22.7. The summed E-state index contributed by atoms with van der Waals surface area (Å²) in [5.74, 6) is 0.235. The van der Waals surface area contributed by atoms with Gasteiger partial charge in [-0.1, -0.05) is 30.3 Å². The van der Waals surface area contributed by atoms with Crippen molar-refractivity contribution in [3.8, 4) is 28.4 Å². The predicted molar refractivity (Wildman–Crippen MR) is 121 cm³/mol. The lowest BCUT2D eigenvalue weighted by Crippen LogP contribution is -2.27. The van der Waals surface area contributed by atoms with Gasteiger partial charge >= 0.3 is 0 Å². The molecular formula is C25H22FN3O3. The van der Waals surface area contributed by atoms with E-state index in [1.165, 1.54) is 18.0 Å². The van der Waals surface area contributed by atoms with Crippen molar-refractivity contribution < 1.29 is 18.7 Å². The topological polar surface area (TPSA) is 56.6 Å². The number of ether oxygens (including phenoxy) is 2. The van der Waals surface area contributed by atoms with Gasteiger partial charge in [0.05, 0.1) is 31.2 Å². The second-order valence-electron chi connectivity index (χ2n) is 7.05. The first kappa shape index (κ1) is 21.1. The van der Waals surface area contributed by atoms with Crippen LogP contribution in [0.5, 0.6) is 11.5 Å². The van der Waals surface area contributed by atoms with Crippen LogP contribution in [0.3, 0.4) is 0 Å². The number of rotatable bonds is 6. The number of hydrogen-bond donors (Lipinski definition) is 0. The van der Waals surface area contributed by atoms with Crippen LogP contribution in [0.1, 0.15) is 10.4 Å². The Kier molecular flexibility index (Phi) is 5.89. The molecule has 0 spiro atoms. The average Bonchev–Trinajstić information content (AvgIpc) is 3.29. The first-order chi connectivity index (χ1) is 15.5. The van der Waals surface area contributed by atoms with E-state index in [0.29, 0.717) is 28.3 Å². The second-order valence-corrected chi connectivity index (χ2v) is 7.05. The van der Waals surface area contributed by atoms with Gasteiger partial charge in [0.1, 0.15) is 23.0 Å². The molecule has 7 heteroatoms. The summed E-state index contributed by atoms with van der Waals surface area (Å²) in [6.07, 6.45) is 1.64. The van der Waals surface area contributed by atoms with Crippen molar-refractivity contribution in [2.45, 2.75) is 0 Å². The summed E-state index contributed by atoms with van der Waals surface area (Å²) in [5.41, 5.74) is 2.24. The molecule has 0 bridgehead atoms. The molecule has 0 radical (unpaired) electrons. The molecule has 32 heavy (non-hydrogen) atoms. The molecule has 1 amide bonds. The minimum atomic E-state index is -0.487. The predicted octanol–water partition coefficient (Wildman–Crippen LogP) is 4.97. The Morgan fingerprint density at radius 3 is 2.38 bits per heavy atom. The van der Waals surface area contributed by atoms with E-state index in [4.69, 9.17) is 14.6 Å². The summed E-state index contributed by atoms with van der Waals surface area (Å²) in [7, 11) is 4.64. The number of para-hydroxylation sites is 2. The highest BCUT2D eigenvalue weighted by molar-refractivity contribution is 6.09. The van der Waals surface area contributed by atoms with E-state index < -0.39 is 11.7 Å². The summed E-state index contributed by atoms with van der Waals surface area (Å²) in [6, 6.07) is 20.9. The van der Waals surface area contributed by atoms with E-state index in [1.54, 1.807) is 61.5 Å². The van der Waals surface area contributed by atoms with Crippen molar-refractivity contribution in [1.82, 2.24) is 9.78 Å². The van der Waals surface area contributed by atoms with E-state index in [-0.39, 0.29) is 5.69 Å². The number of halogens is 1. The van der Waals surface area contributed by atoms with Gasteiger partial charge in [0.2, 0.25) is 0 Å². The van der Waals surface area contributed by atoms with Crippen molar-refractivity contribution in [3.05, 3.63) is 90.4 Å². The number of carbonyl (C=O) groups excluding carboxylic acids is 1. The molecule has 6 nitrogen and oxygen atoms in total. The van der Waals surface area contributed by atoms with Gasteiger partial charge in [-0.25, -0.2) is 9.07 Å². The maximum Gasteiger partial charge on any atom is 0.261 e. The summed E-state index contributed by atoms with van der Waals surface area (Å²) in [4.78, 5) is 14.8. The lowest BCUT2D eigenvalue weighted by atomic mass is 10.1. The molecule has 0 saturated heterocycles. The standard InChI is InChI=1S/C25H22FN3O3/c1-28(22-12-8-7-11-21(22)26)25(30)20-16-29(17-9-5-4-6-10-17)27-24(20)19-15-18(31-2)13-14-23(19)32-3/h4-16H,1-3H3. The molecule has 0 fully saturated rings. The molecule has 3 aromatic carbocycles. The fourth-order valence-corrected chi connectivity index (χ4v) is 3.46. The number of carbonyl (C=O) groups is 1. The van der Waals surface area contributed by atoms with Crippen LogP contribution >= 0.6 is 0 Å². The van der Waals surface area contributed by atoms with Crippen molar-refractivity contribution in [2.24, 2.45) is 0 Å². The number of aromatic nitrogens is 2. The molecule has 0 unspecified atom stereocenters. The molecule has 4 rings (SSSR count). The molecule has 0 aliphatic heterocycles. The fourth-order valence-electron chi connectivity index (χ4n) is 3.46. The van der Waals surface area contributed by atoms with Gasteiger partial charge < -0.3 is 14.4 Å². The van der Waals surface area contributed by atoms with Crippen LogP contribution in [0.4, 0.5) is 10.1 Å². The number of amides is 1. The summed E-state index contributed by atoms with van der Waals surface area (Å²) >= 11 is 0. The quantitative estimate of drug-likeness (QED) is 0.432. The van der Waals surface area contributed by atoms with Gasteiger partial charge in [0.25, 0.3) is 5.91 Å². The first-order valence-corrected chi connectivity index (χ1v) is 9.93. The van der Waals surface area contributed by atoms with Crippen molar-refractivity contribution in [1.29, 1.82) is 0 Å². The highest BCUT2D eigenvalue weighted by Gasteiger charge is 2.25. The van der Waals surface area contributed by atoms with E-state index in [9.17, 15) is 9.18 Å². The monoisotopic (exact) mass is 431 g/mol. The van der Waals surface area contributed by atoms with Gasteiger partial charge in [-0.05, 0) is 42.5 Å². The van der Waals surface area contributed by atoms with E-state index in [2.05, 4.69) is 0 Å². The van der Waals surface area contributed by atoms with Crippen molar-refractivity contribution in [2.75, 3.05) is 26.2 Å². The average molecular weight is 431 g/mol. The summed E-state index contributed by atoms with van der Waals surface area (Å²) in [5, 5.41) is 4.69. The van der Waals surface area contributed by atoms with Gasteiger partial charge in [-0.2, -0.15) is 5.10 Å². The summed E-state index contributed by atoms with van der Waals surface area (Å²) < 4.78 is 26.9.